The molecule has 0 aliphatic heterocycles. The number of aliphatic carboxylic acids is 1. The van der Waals surface area contributed by atoms with E-state index in [9.17, 15) is 18.0 Å². The highest BCUT2D eigenvalue weighted by Gasteiger charge is 2.34. The van der Waals surface area contributed by atoms with Gasteiger partial charge in [-0.15, -0.1) is 0 Å². The molecule has 1 aromatic heterocycles. The van der Waals surface area contributed by atoms with E-state index in [1.807, 2.05) is 0 Å². The van der Waals surface area contributed by atoms with E-state index in [4.69, 9.17) is 9.52 Å². The van der Waals surface area contributed by atoms with Crippen LogP contribution in [0.15, 0.2) is 28.9 Å². The Morgan fingerprint density at radius 3 is 2.67 bits per heavy atom. The van der Waals surface area contributed by atoms with Crippen molar-refractivity contribution in [3.05, 3.63) is 35.6 Å². The Morgan fingerprint density at radius 2 is 2.06 bits per heavy atom. The minimum atomic E-state index is -4.48. The lowest BCUT2D eigenvalue weighted by Gasteiger charge is -2.08. The number of furan rings is 1. The van der Waals surface area contributed by atoms with Crippen LogP contribution in [0.4, 0.5) is 13.2 Å². The number of halogens is 3. The second kappa shape index (κ2) is 4.36. The molecule has 0 saturated heterocycles. The number of benzene rings is 1. The first-order valence-electron chi connectivity index (χ1n) is 5.17. The molecule has 18 heavy (non-hydrogen) atoms. The number of hydrogen-bond acceptors (Lipinski definition) is 2. The zero-order valence-electron chi connectivity index (χ0n) is 9.12. The van der Waals surface area contributed by atoms with Crippen molar-refractivity contribution in [2.45, 2.75) is 19.0 Å². The molecule has 1 aromatic carbocycles. The first-order valence-corrected chi connectivity index (χ1v) is 5.17. The lowest BCUT2D eigenvalue weighted by Crippen LogP contribution is -2.06. The number of alkyl halides is 3. The Kier molecular flexibility index (Phi) is 3.02. The van der Waals surface area contributed by atoms with Gasteiger partial charge in [0, 0.05) is 11.8 Å². The second-order valence-corrected chi connectivity index (χ2v) is 3.83. The Morgan fingerprint density at radius 1 is 1.33 bits per heavy atom. The van der Waals surface area contributed by atoms with Crippen LogP contribution in [0.5, 0.6) is 0 Å². The third-order valence-electron chi connectivity index (χ3n) is 2.59. The SMILES string of the molecule is O=C(O)CCc1coc2cccc(C(F)(F)F)c12. The van der Waals surface area contributed by atoms with Crippen LogP contribution in [0.2, 0.25) is 0 Å². The molecule has 96 valence electrons. The second-order valence-electron chi connectivity index (χ2n) is 3.83. The molecular weight excluding hydrogens is 249 g/mol. The number of carbonyl (C=O) groups is 1. The van der Waals surface area contributed by atoms with Gasteiger partial charge in [-0.3, -0.25) is 4.79 Å². The zero-order valence-corrected chi connectivity index (χ0v) is 9.12. The first kappa shape index (κ1) is 12.5. The van der Waals surface area contributed by atoms with Crippen molar-refractivity contribution in [3.8, 4) is 0 Å². The molecule has 0 amide bonds. The van der Waals surface area contributed by atoms with E-state index >= 15 is 0 Å². The molecule has 2 rings (SSSR count). The van der Waals surface area contributed by atoms with Gasteiger partial charge in [0.25, 0.3) is 0 Å². The predicted octanol–water partition coefficient (Wildman–Crippen LogP) is 3.47. The summed E-state index contributed by atoms with van der Waals surface area (Å²) in [7, 11) is 0. The third-order valence-corrected chi connectivity index (χ3v) is 2.59. The number of rotatable bonds is 3. The lowest BCUT2D eigenvalue weighted by atomic mass is 10.0. The van der Waals surface area contributed by atoms with Gasteiger partial charge in [0.15, 0.2) is 0 Å². The Labute approximate surface area is 99.8 Å². The summed E-state index contributed by atoms with van der Waals surface area (Å²) in [5, 5.41) is 8.51. The normalized spacial score (nSPS) is 11.9. The van der Waals surface area contributed by atoms with Gasteiger partial charge < -0.3 is 9.52 Å². The molecular formula is C12H9F3O3. The zero-order chi connectivity index (χ0) is 13.3. The van der Waals surface area contributed by atoms with Crippen LogP contribution in [0.1, 0.15) is 17.5 Å². The standard InChI is InChI=1S/C12H9F3O3/c13-12(14,15)8-2-1-3-9-11(8)7(6-18-9)4-5-10(16)17/h1-3,6H,4-5H2,(H,16,17). The molecule has 0 aliphatic carbocycles. The summed E-state index contributed by atoms with van der Waals surface area (Å²) < 4.78 is 43.5. The summed E-state index contributed by atoms with van der Waals surface area (Å²) in [6.07, 6.45) is -3.53. The van der Waals surface area contributed by atoms with E-state index in [1.54, 1.807) is 0 Å². The van der Waals surface area contributed by atoms with Crippen LogP contribution in [0.3, 0.4) is 0 Å². The number of fused-ring (bicyclic) bond motifs is 1. The van der Waals surface area contributed by atoms with Crippen LogP contribution in [0, 0.1) is 0 Å². The molecule has 0 bridgehead atoms. The van der Waals surface area contributed by atoms with Gasteiger partial charge in [-0.1, -0.05) is 6.07 Å². The van der Waals surface area contributed by atoms with E-state index < -0.39 is 17.7 Å². The maximum atomic E-state index is 12.8. The topological polar surface area (TPSA) is 50.4 Å². The highest BCUT2D eigenvalue weighted by Crippen LogP contribution is 2.37. The average Bonchev–Trinajstić information content (AvgIpc) is 2.67. The monoisotopic (exact) mass is 258 g/mol. The van der Waals surface area contributed by atoms with Crippen LogP contribution in [0.25, 0.3) is 11.0 Å². The number of aryl methyl sites for hydroxylation is 1. The van der Waals surface area contributed by atoms with E-state index in [0.717, 1.165) is 6.07 Å². The Hall–Kier alpha value is -1.98. The largest absolute Gasteiger partial charge is 0.481 e. The smallest absolute Gasteiger partial charge is 0.417 e. The Balaban J connectivity index is 2.52. The molecule has 0 unspecified atom stereocenters. The number of carboxylic acid groups (broad SMARTS) is 1. The molecule has 1 N–H and O–H groups in total. The van der Waals surface area contributed by atoms with Crippen molar-refractivity contribution in [1.29, 1.82) is 0 Å². The van der Waals surface area contributed by atoms with Crippen molar-refractivity contribution in [3.63, 3.8) is 0 Å². The van der Waals surface area contributed by atoms with Gasteiger partial charge in [0.2, 0.25) is 0 Å². The van der Waals surface area contributed by atoms with Gasteiger partial charge in [0.05, 0.1) is 11.8 Å². The van der Waals surface area contributed by atoms with Crippen LogP contribution < -0.4 is 0 Å². The average molecular weight is 258 g/mol. The molecule has 0 aliphatic rings. The van der Waals surface area contributed by atoms with Crippen molar-refractivity contribution in [2.75, 3.05) is 0 Å². The summed E-state index contributed by atoms with van der Waals surface area (Å²) in [5.74, 6) is -1.06. The van der Waals surface area contributed by atoms with Gasteiger partial charge in [-0.2, -0.15) is 13.2 Å². The molecule has 0 radical (unpaired) electrons. The quantitative estimate of drug-likeness (QED) is 0.917. The maximum absolute atomic E-state index is 12.8. The van der Waals surface area contributed by atoms with E-state index in [-0.39, 0.29) is 29.4 Å². The van der Waals surface area contributed by atoms with Crippen molar-refractivity contribution in [2.24, 2.45) is 0 Å². The molecule has 0 saturated carbocycles. The van der Waals surface area contributed by atoms with Gasteiger partial charge in [0.1, 0.15) is 5.58 Å². The van der Waals surface area contributed by atoms with Crippen LogP contribution in [-0.4, -0.2) is 11.1 Å². The fourth-order valence-corrected chi connectivity index (χ4v) is 1.82. The van der Waals surface area contributed by atoms with Crippen LogP contribution in [-0.2, 0) is 17.4 Å². The Bertz CT molecular complexity index is 584. The fourth-order valence-electron chi connectivity index (χ4n) is 1.82. The van der Waals surface area contributed by atoms with E-state index in [2.05, 4.69) is 0 Å². The fraction of sp³-hybridized carbons (Fsp3) is 0.250. The summed E-state index contributed by atoms with van der Waals surface area (Å²) in [4.78, 5) is 10.5. The highest BCUT2D eigenvalue weighted by atomic mass is 19.4. The number of carboxylic acids is 1. The summed E-state index contributed by atoms with van der Waals surface area (Å²) >= 11 is 0. The van der Waals surface area contributed by atoms with Crippen molar-refractivity contribution < 1.29 is 27.5 Å². The van der Waals surface area contributed by atoms with Gasteiger partial charge in [-0.05, 0) is 24.1 Å². The minimum absolute atomic E-state index is 0.00935. The molecule has 2 aromatic rings. The number of hydrogen-bond donors (Lipinski definition) is 1. The van der Waals surface area contributed by atoms with E-state index in [1.165, 1.54) is 18.4 Å². The van der Waals surface area contributed by atoms with E-state index in [0.29, 0.717) is 0 Å². The maximum Gasteiger partial charge on any atom is 0.417 e. The molecule has 0 fully saturated rings. The summed E-state index contributed by atoms with van der Waals surface area (Å²) in [5.41, 5.74) is -0.417. The third kappa shape index (κ3) is 2.32. The molecule has 6 heteroatoms. The lowest BCUT2D eigenvalue weighted by molar-refractivity contribution is -0.137. The van der Waals surface area contributed by atoms with Crippen LogP contribution >= 0.6 is 0 Å². The predicted molar refractivity (Wildman–Crippen MR) is 57.2 cm³/mol. The molecule has 0 spiro atoms. The summed E-state index contributed by atoms with van der Waals surface area (Å²) in [6, 6.07) is 3.65. The minimum Gasteiger partial charge on any atom is -0.481 e. The molecule has 1 heterocycles. The summed E-state index contributed by atoms with van der Waals surface area (Å²) in [6.45, 7) is 0. The first-order chi connectivity index (χ1) is 8.39. The van der Waals surface area contributed by atoms with Crippen molar-refractivity contribution in [1.82, 2.24) is 0 Å². The van der Waals surface area contributed by atoms with Gasteiger partial charge >= 0.3 is 12.1 Å². The molecule has 0 atom stereocenters. The molecule has 3 nitrogen and oxygen atoms in total. The highest BCUT2D eigenvalue weighted by molar-refractivity contribution is 5.85. The van der Waals surface area contributed by atoms with Crippen molar-refractivity contribution >= 4 is 16.9 Å². The van der Waals surface area contributed by atoms with Gasteiger partial charge in [-0.25, -0.2) is 0 Å².